The highest BCUT2D eigenvalue weighted by Gasteiger charge is 2.32. The minimum absolute atomic E-state index is 0.282. The van der Waals surface area contributed by atoms with Crippen LogP contribution in [0.25, 0.3) is 0 Å². The van der Waals surface area contributed by atoms with Crippen LogP contribution in [0.3, 0.4) is 0 Å². The van der Waals surface area contributed by atoms with E-state index in [0.717, 1.165) is 32.4 Å². The van der Waals surface area contributed by atoms with Crippen molar-refractivity contribution in [2.75, 3.05) is 13.1 Å². The van der Waals surface area contributed by atoms with Crippen LogP contribution in [0.2, 0.25) is 0 Å². The van der Waals surface area contributed by atoms with E-state index in [2.05, 4.69) is 47.5 Å². The van der Waals surface area contributed by atoms with Gasteiger partial charge in [0.15, 0.2) is 0 Å². The predicted octanol–water partition coefficient (Wildman–Crippen LogP) is 2.74. The monoisotopic (exact) mass is 272 g/mol. The third kappa shape index (κ3) is 3.21. The summed E-state index contributed by atoms with van der Waals surface area (Å²) in [6.07, 6.45) is 4.47. The van der Waals surface area contributed by atoms with Crippen LogP contribution in [0.1, 0.15) is 44.2 Å². The molecule has 1 aromatic rings. The fraction of sp³-hybridized carbons (Fsp3) is 0.588. The van der Waals surface area contributed by atoms with Gasteiger partial charge in [0.05, 0.1) is 0 Å². The third-order valence-corrected chi connectivity index (χ3v) is 4.58. The molecule has 3 heteroatoms. The fourth-order valence-corrected chi connectivity index (χ4v) is 3.08. The molecule has 2 aliphatic rings. The molecule has 0 spiro atoms. The zero-order valence-corrected chi connectivity index (χ0v) is 12.2. The predicted molar refractivity (Wildman–Crippen MR) is 80.3 cm³/mol. The summed E-state index contributed by atoms with van der Waals surface area (Å²) >= 11 is 0. The number of nitrogens with zero attached hydrogens (tertiary/aromatic N) is 1. The molecule has 1 saturated heterocycles. The molecule has 0 bridgehead atoms. The maximum absolute atomic E-state index is 11.9. The molecule has 1 amide bonds. The SMILES string of the molecule is CC(c1ccccc1)N1CCCC(NC(=O)C2CC2)C1. The second-order valence-electron chi connectivity index (χ2n) is 6.20. The van der Waals surface area contributed by atoms with Crippen molar-refractivity contribution < 1.29 is 4.79 Å². The lowest BCUT2D eigenvalue weighted by molar-refractivity contribution is -0.123. The smallest absolute Gasteiger partial charge is 0.223 e. The molecule has 2 unspecified atom stereocenters. The molecule has 0 aromatic heterocycles. The molecule has 1 aliphatic heterocycles. The summed E-state index contributed by atoms with van der Waals surface area (Å²) in [4.78, 5) is 14.4. The summed E-state index contributed by atoms with van der Waals surface area (Å²) in [6.45, 7) is 4.38. The van der Waals surface area contributed by atoms with Gasteiger partial charge in [-0.3, -0.25) is 9.69 Å². The molecule has 2 atom stereocenters. The van der Waals surface area contributed by atoms with Crippen molar-refractivity contribution in [3.63, 3.8) is 0 Å². The fourth-order valence-electron chi connectivity index (χ4n) is 3.08. The summed E-state index contributed by atoms with van der Waals surface area (Å²) in [5, 5.41) is 3.24. The Hall–Kier alpha value is -1.35. The normalized spacial score (nSPS) is 25.1. The molecule has 3 rings (SSSR count). The summed E-state index contributed by atoms with van der Waals surface area (Å²) in [7, 11) is 0. The quantitative estimate of drug-likeness (QED) is 0.914. The van der Waals surface area contributed by atoms with Crippen LogP contribution in [0.4, 0.5) is 0 Å². The number of likely N-dealkylation sites (tertiary alicyclic amines) is 1. The maximum atomic E-state index is 11.9. The van der Waals surface area contributed by atoms with Gasteiger partial charge in [-0.2, -0.15) is 0 Å². The zero-order valence-electron chi connectivity index (χ0n) is 12.2. The molecule has 1 aliphatic carbocycles. The van der Waals surface area contributed by atoms with Crippen molar-refractivity contribution >= 4 is 5.91 Å². The molecular weight excluding hydrogens is 248 g/mol. The van der Waals surface area contributed by atoms with E-state index in [0.29, 0.717) is 18.0 Å². The van der Waals surface area contributed by atoms with Gasteiger partial charge in [0.25, 0.3) is 0 Å². The van der Waals surface area contributed by atoms with Gasteiger partial charge in [0, 0.05) is 24.5 Å². The maximum Gasteiger partial charge on any atom is 0.223 e. The van der Waals surface area contributed by atoms with Crippen molar-refractivity contribution in [1.29, 1.82) is 0 Å². The molecule has 1 saturated carbocycles. The lowest BCUT2D eigenvalue weighted by Gasteiger charge is -2.37. The number of rotatable bonds is 4. The minimum Gasteiger partial charge on any atom is -0.352 e. The van der Waals surface area contributed by atoms with Gasteiger partial charge in [-0.1, -0.05) is 30.3 Å². The second-order valence-corrected chi connectivity index (χ2v) is 6.20. The second kappa shape index (κ2) is 5.96. The van der Waals surface area contributed by atoms with Crippen molar-refractivity contribution in [2.24, 2.45) is 5.92 Å². The molecule has 0 radical (unpaired) electrons. The Labute approximate surface area is 121 Å². The van der Waals surface area contributed by atoms with Gasteiger partial charge in [0.1, 0.15) is 0 Å². The third-order valence-electron chi connectivity index (χ3n) is 4.58. The van der Waals surface area contributed by atoms with Gasteiger partial charge in [-0.15, -0.1) is 0 Å². The average Bonchev–Trinajstić information content (AvgIpc) is 3.32. The molecule has 20 heavy (non-hydrogen) atoms. The van der Waals surface area contributed by atoms with Gasteiger partial charge in [-0.05, 0) is 44.7 Å². The first-order valence-corrected chi connectivity index (χ1v) is 7.83. The average molecular weight is 272 g/mol. The van der Waals surface area contributed by atoms with Crippen molar-refractivity contribution in [1.82, 2.24) is 10.2 Å². The summed E-state index contributed by atoms with van der Waals surface area (Å²) in [5.41, 5.74) is 1.36. The van der Waals surface area contributed by atoms with E-state index in [-0.39, 0.29) is 5.91 Å². The molecule has 2 fully saturated rings. The van der Waals surface area contributed by atoms with Gasteiger partial charge < -0.3 is 5.32 Å². The van der Waals surface area contributed by atoms with Gasteiger partial charge in [0.2, 0.25) is 5.91 Å². The van der Waals surface area contributed by atoms with Crippen LogP contribution in [0.5, 0.6) is 0 Å². The van der Waals surface area contributed by atoms with E-state index in [9.17, 15) is 4.79 Å². The molecular formula is C17H24N2O. The van der Waals surface area contributed by atoms with Crippen LogP contribution < -0.4 is 5.32 Å². The number of carbonyl (C=O) groups is 1. The first-order chi connectivity index (χ1) is 9.74. The number of piperidine rings is 1. The Morgan fingerprint density at radius 3 is 2.70 bits per heavy atom. The summed E-state index contributed by atoms with van der Waals surface area (Å²) < 4.78 is 0. The topological polar surface area (TPSA) is 32.3 Å². The molecule has 108 valence electrons. The standard InChI is InChI=1S/C17H24N2O/c1-13(14-6-3-2-4-7-14)19-11-5-8-16(12-19)18-17(20)15-9-10-15/h2-4,6-7,13,15-16H,5,8-12H2,1H3,(H,18,20). The number of carbonyl (C=O) groups excluding carboxylic acids is 1. The highest BCUT2D eigenvalue weighted by atomic mass is 16.2. The van der Waals surface area contributed by atoms with Crippen molar-refractivity contribution in [3.05, 3.63) is 35.9 Å². The Morgan fingerprint density at radius 1 is 1.25 bits per heavy atom. The highest BCUT2D eigenvalue weighted by Crippen LogP contribution is 2.30. The van der Waals surface area contributed by atoms with Crippen LogP contribution in [0, 0.1) is 5.92 Å². The lowest BCUT2D eigenvalue weighted by Crippen LogP contribution is -2.48. The zero-order chi connectivity index (χ0) is 13.9. The summed E-state index contributed by atoms with van der Waals surface area (Å²) in [5.74, 6) is 0.598. The van der Waals surface area contributed by atoms with Crippen LogP contribution >= 0.6 is 0 Å². The number of benzene rings is 1. The van der Waals surface area contributed by atoms with E-state index in [1.54, 1.807) is 0 Å². The minimum atomic E-state index is 0.282. The van der Waals surface area contributed by atoms with Crippen molar-refractivity contribution in [3.8, 4) is 0 Å². The Kier molecular flexibility index (Phi) is 4.06. The van der Waals surface area contributed by atoms with E-state index in [1.165, 1.54) is 12.0 Å². The largest absolute Gasteiger partial charge is 0.352 e. The number of nitrogens with one attached hydrogen (secondary N) is 1. The van der Waals surface area contributed by atoms with Crippen LogP contribution in [-0.2, 0) is 4.79 Å². The molecule has 1 N–H and O–H groups in total. The lowest BCUT2D eigenvalue weighted by atomic mass is 10.0. The number of hydrogen-bond acceptors (Lipinski definition) is 2. The van der Waals surface area contributed by atoms with Crippen molar-refractivity contribution in [2.45, 2.75) is 44.7 Å². The van der Waals surface area contributed by atoms with Crippen LogP contribution in [0.15, 0.2) is 30.3 Å². The first kappa shape index (κ1) is 13.6. The van der Waals surface area contributed by atoms with E-state index >= 15 is 0 Å². The first-order valence-electron chi connectivity index (χ1n) is 7.83. The molecule has 3 nitrogen and oxygen atoms in total. The van der Waals surface area contributed by atoms with Gasteiger partial charge >= 0.3 is 0 Å². The molecule has 1 heterocycles. The number of hydrogen-bond donors (Lipinski definition) is 1. The van der Waals surface area contributed by atoms with E-state index < -0.39 is 0 Å². The van der Waals surface area contributed by atoms with E-state index in [1.807, 2.05) is 0 Å². The highest BCUT2D eigenvalue weighted by molar-refractivity contribution is 5.81. The molecule has 1 aromatic carbocycles. The van der Waals surface area contributed by atoms with Gasteiger partial charge in [-0.25, -0.2) is 0 Å². The van der Waals surface area contributed by atoms with E-state index in [4.69, 9.17) is 0 Å². The Morgan fingerprint density at radius 2 is 2.00 bits per heavy atom. The Bertz CT molecular complexity index is 455. The van der Waals surface area contributed by atoms with Crippen LogP contribution in [-0.4, -0.2) is 29.9 Å². The number of amides is 1. The Balaban J connectivity index is 1.58. The summed E-state index contributed by atoms with van der Waals surface area (Å²) in [6, 6.07) is 11.4.